The number of halogens is 2. The molecule has 4 rings (SSSR count). The SMILES string of the molecule is Cc1ccc(Cl)cc1S(=O)(=O)Nc1ccc(N([C@H]2CS(=O)(=O)C[C@@H]2O)S(=O)(=O)c2cc(Cl)ccc2C)cc1. The van der Waals surface area contributed by atoms with Gasteiger partial charge in [0.15, 0.2) is 9.84 Å². The number of aliphatic hydroxyl groups excluding tert-OH is 1. The Morgan fingerprint density at radius 1 is 0.842 bits per heavy atom. The molecular formula is C24H24Cl2N2O7S3. The Kier molecular flexibility index (Phi) is 7.78. The van der Waals surface area contributed by atoms with Crippen molar-refractivity contribution in [3.8, 4) is 0 Å². The van der Waals surface area contributed by atoms with Crippen LogP contribution in [0.25, 0.3) is 0 Å². The number of aliphatic hydroxyl groups is 1. The maximum atomic E-state index is 13.9. The van der Waals surface area contributed by atoms with Gasteiger partial charge in [-0.1, -0.05) is 35.3 Å². The van der Waals surface area contributed by atoms with Crippen LogP contribution >= 0.6 is 23.2 Å². The van der Waals surface area contributed by atoms with Gasteiger partial charge in [-0.25, -0.2) is 25.3 Å². The maximum absolute atomic E-state index is 13.9. The number of sulfonamides is 2. The summed E-state index contributed by atoms with van der Waals surface area (Å²) in [6, 6.07) is 12.8. The van der Waals surface area contributed by atoms with E-state index in [1.807, 2.05) is 0 Å². The summed E-state index contributed by atoms with van der Waals surface area (Å²) in [5.41, 5.74) is 1.01. The molecule has 0 unspecified atom stereocenters. The molecule has 1 heterocycles. The molecule has 204 valence electrons. The van der Waals surface area contributed by atoms with E-state index in [4.69, 9.17) is 23.2 Å². The molecule has 1 fully saturated rings. The molecule has 3 aromatic rings. The van der Waals surface area contributed by atoms with E-state index in [0.717, 1.165) is 4.31 Å². The molecular weight excluding hydrogens is 595 g/mol. The van der Waals surface area contributed by atoms with Gasteiger partial charge in [-0.2, -0.15) is 0 Å². The van der Waals surface area contributed by atoms with Crippen molar-refractivity contribution in [2.24, 2.45) is 0 Å². The van der Waals surface area contributed by atoms with Gasteiger partial charge in [0.05, 0.1) is 39.1 Å². The molecule has 0 radical (unpaired) electrons. The first-order valence-electron chi connectivity index (χ1n) is 11.2. The van der Waals surface area contributed by atoms with Crippen LogP contribution in [0.15, 0.2) is 70.5 Å². The lowest BCUT2D eigenvalue weighted by Crippen LogP contribution is -2.47. The van der Waals surface area contributed by atoms with Gasteiger partial charge >= 0.3 is 0 Å². The number of anilines is 2. The van der Waals surface area contributed by atoms with Crippen molar-refractivity contribution in [2.75, 3.05) is 20.5 Å². The highest BCUT2D eigenvalue weighted by molar-refractivity contribution is 7.93. The van der Waals surface area contributed by atoms with Crippen LogP contribution in [0.4, 0.5) is 11.4 Å². The number of aryl methyl sites for hydroxylation is 2. The highest BCUT2D eigenvalue weighted by Crippen LogP contribution is 2.34. The first-order chi connectivity index (χ1) is 17.6. The fourth-order valence-corrected chi connectivity index (χ4v) is 9.85. The molecule has 0 spiro atoms. The third-order valence-corrected chi connectivity index (χ3v) is 11.8. The minimum absolute atomic E-state index is 0.0194. The predicted molar refractivity (Wildman–Crippen MR) is 148 cm³/mol. The van der Waals surface area contributed by atoms with E-state index >= 15 is 0 Å². The van der Waals surface area contributed by atoms with E-state index in [2.05, 4.69) is 4.72 Å². The Hall–Kier alpha value is -2.35. The van der Waals surface area contributed by atoms with Crippen LogP contribution in [0, 0.1) is 13.8 Å². The second-order valence-corrected chi connectivity index (χ2v) is 15.4. The quantitative estimate of drug-likeness (QED) is 0.411. The maximum Gasteiger partial charge on any atom is 0.265 e. The van der Waals surface area contributed by atoms with Gasteiger partial charge in [-0.15, -0.1) is 0 Å². The van der Waals surface area contributed by atoms with E-state index < -0.39 is 53.5 Å². The number of hydrogen-bond acceptors (Lipinski definition) is 7. The normalized spacial score (nSPS) is 19.3. The van der Waals surface area contributed by atoms with Crippen LogP contribution in [-0.2, 0) is 29.9 Å². The van der Waals surface area contributed by atoms with Crippen LogP contribution < -0.4 is 9.03 Å². The fourth-order valence-electron chi connectivity index (χ4n) is 4.25. The smallest absolute Gasteiger partial charge is 0.265 e. The predicted octanol–water partition coefficient (Wildman–Crippen LogP) is 3.76. The topological polar surface area (TPSA) is 138 Å². The van der Waals surface area contributed by atoms with Crippen molar-refractivity contribution in [1.82, 2.24) is 0 Å². The molecule has 0 aromatic heterocycles. The van der Waals surface area contributed by atoms with Gasteiger partial charge in [0.2, 0.25) is 0 Å². The Balaban J connectivity index is 1.76. The van der Waals surface area contributed by atoms with Gasteiger partial charge < -0.3 is 5.11 Å². The van der Waals surface area contributed by atoms with Crippen molar-refractivity contribution in [2.45, 2.75) is 35.8 Å². The first-order valence-corrected chi connectivity index (χ1v) is 16.7. The van der Waals surface area contributed by atoms with E-state index in [0.29, 0.717) is 11.1 Å². The van der Waals surface area contributed by atoms with Gasteiger partial charge in [0, 0.05) is 15.7 Å². The molecule has 9 nitrogen and oxygen atoms in total. The highest BCUT2D eigenvalue weighted by atomic mass is 35.5. The van der Waals surface area contributed by atoms with Crippen LogP contribution in [-0.4, -0.2) is 54.0 Å². The molecule has 38 heavy (non-hydrogen) atoms. The molecule has 0 aliphatic carbocycles. The molecule has 14 heteroatoms. The Morgan fingerprint density at radius 2 is 1.37 bits per heavy atom. The van der Waals surface area contributed by atoms with Gasteiger partial charge in [0.1, 0.15) is 0 Å². The third kappa shape index (κ3) is 5.80. The zero-order chi connectivity index (χ0) is 28.0. The van der Waals surface area contributed by atoms with Crippen molar-refractivity contribution in [3.05, 3.63) is 81.8 Å². The molecule has 2 N–H and O–H groups in total. The largest absolute Gasteiger partial charge is 0.390 e. The number of sulfone groups is 1. The standard InChI is InChI=1S/C24H24Cl2N2O7S3/c1-15-3-5-17(25)11-23(15)37(32,33)27-19-7-9-20(10-8-19)28(21-13-36(30,31)14-22(21)29)38(34,35)24-12-18(26)6-4-16(24)2/h3-12,21-22,27,29H,13-14H2,1-2H3/t21-,22-/m0/s1. The van der Waals surface area contributed by atoms with Gasteiger partial charge in [-0.05, 0) is 73.5 Å². The van der Waals surface area contributed by atoms with Gasteiger partial charge in [0.25, 0.3) is 20.0 Å². The first kappa shape index (κ1) is 28.7. The number of nitrogens with one attached hydrogen (secondary N) is 1. The number of benzene rings is 3. The summed E-state index contributed by atoms with van der Waals surface area (Å²) >= 11 is 12.0. The number of nitrogens with zero attached hydrogens (tertiary/aromatic N) is 1. The molecule has 1 saturated heterocycles. The van der Waals surface area contributed by atoms with Crippen LogP contribution in [0.3, 0.4) is 0 Å². The summed E-state index contributed by atoms with van der Waals surface area (Å²) in [4.78, 5) is -0.170. The van der Waals surface area contributed by atoms with E-state index in [9.17, 15) is 30.4 Å². The molecule has 2 atom stereocenters. The highest BCUT2D eigenvalue weighted by Gasteiger charge is 2.45. The molecule has 1 aliphatic rings. The van der Waals surface area contributed by atoms with Crippen molar-refractivity contribution in [1.29, 1.82) is 0 Å². The second-order valence-electron chi connectivity index (χ2n) is 8.98. The molecule has 1 aliphatic heterocycles. The second kappa shape index (κ2) is 10.3. The Bertz CT molecular complexity index is 1710. The molecule has 3 aromatic carbocycles. The zero-order valence-electron chi connectivity index (χ0n) is 20.2. The van der Waals surface area contributed by atoms with Gasteiger partial charge in [-0.3, -0.25) is 9.03 Å². The third-order valence-electron chi connectivity index (χ3n) is 6.10. The van der Waals surface area contributed by atoms with Crippen LogP contribution in [0.5, 0.6) is 0 Å². The van der Waals surface area contributed by atoms with Crippen molar-refractivity contribution in [3.63, 3.8) is 0 Å². The average molecular weight is 620 g/mol. The van der Waals surface area contributed by atoms with Crippen LogP contribution in [0.2, 0.25) is 10.0 Å². The van der Waals surface area contributed by atoms with Crippen molar-refractivity contribution >= 4 is 64.5 Å². The fraction of sp³-hybridized carbons (Fsp3) is 0.250. The van der Waals surface area contributed by atoms with E-state index in [-0.39, 0.29) is 31.2 Å². The Labute approximate surface area is 232 Å². The summed E-state index contributed by atoms with van der Waals surface area (Å²) in [5.74, 6) is -1.18. The summed E-state index contributed by atoms with van der Waals surface area (Å²) in [6.07, 6.45) is -1.47. The average Bonchev–Trinajstić information content (AvgIpc) is 3.09. The monoisotopic (exact) mass is 618 g/mol. The van der Waals surface area contributed by atoms with Crippen LogP contribution in [0.1, 0.15) is 11.1 Å². The summed E-state index contributed by atoms with van der Waals surface area (Å²) in [7, 11) is -12.1. The Morgan fingerprint density at radius 3 is 1.89 bits per heavy atom. The van der Waals surface area contributed by atoms with E-state index in [1.54, 1.807) is 26.0 Å². The lowest BCUT2D eigenvalue weighted by atomic mass is 10.2. The number of hydrogen-bond donors (Lipinski definition) is 2. The lowest BCUT2D eigenvalue weighted by Gasteiger charge is -2.32. The lowest BCUT2D eigenvalue weighted by molar-refractivity contribution is 0.184. The van der Waals surface area contributed by atoms with E-state index in [1.165, 1.54) is 48.5 Å². The molecule has 0 amide bonds. The minimum Gasteiger partial charge on any atom is -0.390 e. The molecule has 0 bridgehead atoms. The summed E-state index contributed by atoms with van der Waals surface area (Å²) in [6.45, 7) is 3.19. The molecule has 0 saturated carbocycles. The minimum atomic E-state index is -4.40. The summed E-state index contributed by atoms with van der Waals surface area (Å²) < 4.78 is 81.4. The zero-order valence-corrected chi connectivity index (χ0v) is 24.1. The summed E-state index contributed by atoms with van der Waals surface area (Å²) in [5, 5.41) is 11.0. The van der Waals surface area contributed by atoms with Crippen molar-refractivity contribution < 1.29 is 30.4 Å². The number of rotatable bonds is 7.